The van der Waals surface area contributed by atoms with E-state index in [4.69, 9.17) is 0 Å². The molecule has 0 atom stereocenters. The smallest absolute Gasteiger partial charge is 0.317 e. The van der Waals surface area contributed by atoms with E-state index >= 15 is 0 Å². The number of carbonyl (C=O) groups excluding carboxylic acids is 2. The fourth-order valence-electron chi connectivity index (χ4n) is 4.14. The van der Waals surface area contributed by atoms with Crippen molar-refractivity contribution in [3.63, 3.8) is 0 Å². The van der Waals surface area contributed by atoms with E-state index in [1.54, 1.807) is 0 Å². The number of rotatable bonds is 2. The van der Waals surface area contributed by atoms with Crippen LogP contribution in [0.4, 0.5) is 9.59 Å². The second-order valence-electron chi connectivity index (χ2n) is 7.54. The van der Waals surface area contributed by atoms with E-state index in [0.717, 1.165) is 25.7 Å². The minimum atomic E-state index is 0.0502. The van der Waals surface area contributed by atoms with Crippen LogP contribution in [-0.2, 0) is 0 Å². The Labute approximate surface area is 145 Å². The van der Waals surface area contributed by atoms with Gasteiger partial charge in [-0.05, 0) is 25.7 Å². The molecule has 0 radical (unpaired) electrons. The minimum absolute atomic E-state index is 0.0502. The van der Waals surface area contributed by atoms with Gasteiger partial charge in [-0.25, -0.2) is 9.59 Å². The average Bonchev–Trinajstić information content (AvgIpc) is 2.63. The number of amides is 4. The molecule has 2 aliphatic carbocycles. The van der Waals surface area contributed by atoms with Gasteiger partial charge in [-0.15, -0.1) is 0 Å². The number of hydrogen-bond donors (Lipinski definition) is 2. The molecule has 24 heavy (non-hydrogen) atoms. The standard InChI is InChI=1S/C18H32N4O2/c23-17(19-15-7-3-1-4-8-15)21-11-13-22(14-12-21)18(24)20-16-9-5-2-6-10-16/h15-16H,1-14H2,(H,19,23)(H,20,24). The molecule has 0 aromatic heterocycles. The topological polar surface area (TPSA) is 64.7 Å². The summed E-state index contributed by atoms with van der Waals surface area (Å²) in [6, 6.07) is 0.793. The monoisotopic (exact) mass is 336 g/mol. The number of carbonyl (C=O) groups is 2. The molecule has 0 spiro atoms. The van der Waals surface area contributed by atoms with Crippen LogP contribution in [0.25, 0.3) is 0 Å². The van der Waals surface area contributed by atoms with Gasteiger partial charge in [0.2, 0.25) is 0 Å². The van der Waals surface area contributed by atoms with Crippen LogP contribution in [0.1, 0.15) is 64.2 Å². The van der Waals surface area contributed by atoms with E-state index in [0.29, 0.717) is 38.3 Å². The van der Waals surface area contributed by atoms with Crippen molar-refractivity contribution >= 4 is 12.1 Å². The lowest BCUT2D eigenvalue weighted by molar-refractivity contribution is 0.137. The molecule has 2 N–H and O–H groups in total. The first-order valence-electron chi connectivity index (χ1n) is 9.83. The molecule has 1 heterocycles. The SMILES string of the molecule is O=C(NC1CCCCC1)N1CCN(C(=O)NC2CCCCC2)CC1. The Hall–Kier alpha value is -1.46. The molecule has 1 aliphatic heterocycles. The summed E-state index contributed by atoms with van der Waals surface area (Å²) in [5.74, 6) is 0. The Morgan fingerprint density at radius 3 is 1.25 bits per heavy atom. The molecular formula is C18H32N4O2. The summed E-state index contributed by atoms with van der Waals surface area (Å²) in [5.41, 5.74) is 0. The normalized spacial score (nSPS) is 23.8. The largest absolute Gasteiger partial charge is 0.335 e. The van der Waals surface area contributed by atoms with E-state index in [1.165, 1.54) is 38.5 Å². The van der Waals surface area contributed by atoms with Gasteiger partial charge in [0.25, 0.3) is 0 Å². The van der Waals surface area contributed by atoms with Crippen molar-refractivity contribution in [2.75, 3.05) is 26.2 Å². The molecule has 0 aromatic rings. The third-order valence-corrected chi connectivity index (χ3v) is 5.72. The van der Waals surface area contributed by atoms with Crippen LogP contribution in [0.2, 0.25) is 0 Å². The number of hydrogen-bond acceptors (Lipinski definition) is 2. The quantitative estimate of drug-likeness (QED) is 0.814. The maximum Gasteiger partial charge on any atom is 0.317 e. The van der Waals surface area contributed by atoms with Crippen molar-refractivity contribution in [3.8, 4) is 0 Å². The van der Waals surface area contributed by atoms with Gasteiger partial charge in [-0.3, -0.25) is 0 Å². The first-order valence-corrected chi connectivity index (χ1v) is 9.83. The minimum Gasteiger partial charge on any atom is -0.335 e. The fourth-order valence-corrected chi connectivity index (χ4v) is 4.14. The molecule has 4 amide bonds. The van der Waals surface area contributed by atoms with Gasteiger partial charge in [0.15, 0.2) is 0 Å². The Morgan fingerprint density at radius 2 is 0.917 bits per heavy atom. The highest BCUT2D eigenvalue weighted by molar-refractivity contribution is 5.77. The molecule has 0 unspecified atom stereocenters. The zero-order valence-electron chi connectivity index (χ0n) is 14.8. The number of piperazine rings is 1. The van der Waals surface area contributed by atoms with Crippen LogP contribution < -0.4 is 10.6 Å². The highest BCUT2D eigenvalue weighted by Crippen LogP contribution is 2.19. The summed E-state index contributed by atoms with van der Waals surface area (Å²) < 4.78 is 0. The Bertz CT molecular complexity index is 383. The lowest BCUT2D eigenvalue weighted by Crippen LogP contribution is -2.57. The Kier molecular flexibility index (Phi) is 6.21. The molecule has 0 bridgehead atoms. The fraction of sp³-hybridized carbons (Fsp3) is 0.889. The average molecular weight is 336 g/mol. The summed E-state index contributed by atoms with van der Waals surface area (Å²) in [4.78, 5) is 28.4. The third-order valence-electron chi connectivity index (χ3n) is 5.72. The summed E-state index contributed by atoms with van der Waals surface area (Å²) in [7, 11) is 0. The summed E-state index contributed by atoms with van der Waals surface area (Å²) in [6.07, 6.45) is 11.9. The zero-order valence-corrected chi connectivity index (χ0v) is 14.8. The van der Waals surface area contributed by atoms with E-state index in [1.807, 2.05) is 9.80 Å². The molecule has 2 saturated carbocycles. The summed E-state index contributed by atoms with van der Waals surface area (Å²) in [5, 5.41) is 6.33. The van der Waals surface area contributed by atoms with Crippen molar-refractivity contribution in [3.05, 3.63) is 0 Å². The van der Waals surface area contributed by atoms with Crippen LogP contribution in [0.15, 0.2) is 0 Å². The van der Waals surface area contributed by atoms with Gasteiger partial charge in [-0.1, -0.05) is 38.5 Å². The molecule has 6 heteroatoms. The molecule has 0 aromatic carbocycles. The number of nitrogens with zero attached hydrogens (tertiary/aromatic N) is 2. The third kappa shape index (κ3) is 4.77. The molecule has 136 valence electrons. The van der Waals surface area contributed by atoms with Crippen molar-refractivity contribution < 1.29 is 9.59 Å². The second kappa shape index (κ2) is 8.58. The summed E-state index contributed by atoms with van der Waals surface area (Å²) >= 11 is 0. The molecule has 3 aliphatic rings. The van der Waals surface area contributed by atoms with Gasteiger partial charge in [0, 0.05) is 38.3 Å². The first kappa shape index (κ1) is 17.4. The Morgan fingerprint density at radius 1 is 0.583 bits per heavy atom. The van der Waals surface area contributed by atoms with Gasteiger partial charge >= 0.3 is 12.1 Å². The predicted molar refractivity (Wildman–Crippen MR) is 94.0 cm³/mol. The van der Waals surface area contributed by atoms with Crippen LogP contribution in [0.5, 0.6) is 0 Å². The van der Waals surface area contributed by atoms with E-state index < -0.39 is 0 Å². The zero-order chi connectivity index (χ0) is 16.8. The number of urea groups is 2. The van der Waals surface area contributed by atoms with Crippen molar-refractivity contribution in [2.24, 2.45) is 0 Å². The molecular weight excluding hydrogens is 304 g/mol. The first-order chi connectivity index (χ1) is 11.7. The predicted octanol–water partition coefficient (Wildman–Crippen LogP) is 2.69. The highest BCUT2D eigenvalue weighted by atomic mass is 16.2. The van der Waals surface area contributed by atoms with Crippen molar-refractivity contribution in [2.45, 2.75) is 76.3 Å². The molecule has 1 saturated heterocycles. The van der Waals surface area contributed by atoms with Gasteiger partial charge in [0.05, 0.1) is 0 Å². The van der Waals surface area contributed by atoms with Gasteiger partial charge in [-0.2, -0.15) is 0 Å². The molecule has 6 nitrogen and oxygen atoms in total. The molecule has 3 fully saturated rings. The maximum absolute atomic E-state index is 12.4. The van der Waals surface area contributed by atoms with E-state index in [2.05, 4.69) is 10.6 Å². The van der Waals surface area contributed by atoms with Crippen LogP contribution in [-0.4, -0.2) is 60.1 Å². The van der Waals surface area contributed by atoms with Crippen LogP contribution in [0.3, 0.4) is 0 Å². The van der Waals surface area contributed by atoms with Crippen molar-refractivity contribution in [1.82, 2.24) is 20.4 Å². The van der Waals surface area contributed by atoms with E-state index in [-0.39, 0.29) is 12.1 Å². The van der Waals surface area contributed by atoms with Crippen molar-refractivity contribution in [1.29, 1.82) is 0 Å². The summed E-state index contributed by atoms with van der Waals surface area (Å²) in [6.45, 7) is 2.54. The van der Waals surface area contributed by atoms with Crippen LogP contribution in [0, 0.1) is 0 Å². The lowest BCUT2D eigenvalue weighted by Gasteiger charge is -2.37. The van der Waals surface area contributed by atoms with Gasteiger partial charge in [0.1, 0.15) is 0 Å². The second-order valence-corrected chi connectivity index (χ2v) is 7.54. The van der Waals surface area contributed by atoms with Gasteiger partial charge < -0.3 is 20.4 Å². The molecule has 3 rings (SSSR count). The Balaban J connectivity index is 1.38. The lowest BCUT2D eigenvalue weighted by atomic mass is 9.96. The van der Waals surface area contributed by atoms with Crippen LogP contribution >= 0.6 is 0 Å². The van der Waals surface area contributed by atoms with E-state index in [9.17, 15) is 9.59 Å². The maximum atomic E-state index is 12.4. The highest BCUT2D eigenvalue weighted by Gasteiger charge is 2.27. The number of nitrogens with one attached hydrogen (secondary N) is 2.